The lowest BCUT2D eigenvalue weighted by atomic mass is 9.91. The topological polar surface area (TPSA) is 68.6 Å². The molecule has 0 unspecified atom stereocenters. The molecule has 0 fully saturated rings. The minimum Gasteiger partial charge on any atom is -0.497 e. The molecule has 0 heterocycles. The molecule has 0 saturated heterocycles. The van der Waals surface area contributed by atoms with Gasteiger partial charge in [0.05, 0.1) is 27.4 Å². The molecular weight excluding hydrogens is 342 g/mol. The summed E-state index contributed by atoms with van der Waals surface area (Å²) in [5, 5.41) is 9.77. The van der Waals surface area contributed by atoms with Crippen molar-refractivity contribution < 1.29 is 19.0 Å². The van der Waals surface area contributed by atoms with Crippen molar-refractivity contribution in [2.45, 2.75) is 19.3 Å². The molecule has 0 atom stereocenters. The van der Waals surface area contributed by atoms with Gasteiger partial charge in [0.25, 0.3) is 0 Å². The highest BCUT2D eigenvalue weighted by atomic mass is 16.5. The maximum absolute atomic E-state index is 11.4. The third-order valence-electron chi connectivity index (χ3n) is 4.23. The number of carbonyl (C=O) groups excluding carboxylic acids is 1. The highest BCUT2D eigenvalue weighted by Crippen LogP contribution is 2.31. The van der Waals surface area contributed by atoms with Crippen LogP contribution in [0.4, 0.5) is 0 Å². The van der Waals surface area contributed by atoms with Gasteiger partial charge in [-0.3, -0.25) is 4.79 Å². The van der Waals surface area contributed by atoms with Crippen LogP contribution in [0.25, 0.3) is 5.57 Å². The predicted molar refractivity (Wildman–Crippen MR) is 103 cm³/mol. The Morgan fingerprint density at radius 2 is 1.33 bits per heavy atom. The van der Waals surface area contributed by atoms with E-state index in [1.165, 1.54) is 7.11 Å². The molecule has 140 valence electrons. The number of esters is 1. The maximum atomic E-state index is 11.4. The predicted octanol–water partition coefficient (Wildman–Crippen LogP) is 4.37. The second kappa shape index (κ2) is 10.0. The van der Waals surface area contributed by atoms with Crippen LogP contribution in [-0.4, -0.2) is 27.3 Å². The van der Waals surface area contributed by atoms with Gasteiger partial charge < -0.3 is 14.2 Å². The van der Waals surface area contributed by atoms with Crippen molar-refractivity contribution in [3.8, 4) is 17.6 Å². The monoisotopic (exact) mass is 365 g/mol. The highest BCUT2D eigenvalue weighted by Gasteiger charge is 2.13. The number of hydrogen-bond donors (Lipinski definition) is 0. The van der Waals surface area contributed by atoms with E-state index in [1.807, 2.05) is 48.5 Å². The Hall–Kier alpha value is -3.26. The van der Waals surface area contributed by atoms with Gasteiger partial charge in [-0.25, -0.2) is 0 Å². The van der Waals surface area contributed by atoms with Crippen LogP contribution in [-0.2, 0) is 9.53 Å². The fraction of sp³-hybridized carbons (Fsp3) is 0.273. The van der Waals surface area contributed by atoms with E-state index in [2.05, 4.69) is 10.8 Å². The number of allylic oxidation sites excluding steroid dienone is 1. The molecule has 0 saturated carbocycles. The normalized spacial score (nSPS) is 9.85. The third kappa shape index (κ3) is 5.35. The van der Waals surface area contributed by atoms with Crippen LogP contribution in [0.15, 0.2) is 54.1 Å². The summed E-state index contributed by atoms with van der Waals surface area (Å²) in [6.07, 6.45) is 1.31. The Bertz CT molecular complexity index is 781. The minimum atomic E-state index is -0.275. The molecule has 0 aliphatic carbocycles. The van der Waals surface area contributed by atoms with Crippen molar-refractivity contribution in [2.24, 2.45) is 0 Å². The second-order valence-electron chi connectivity index (χ2n) is 5.85. The number of carbonyl (C=O) groups is 1. The SMILES string of the molecule is COC(=O)CCCC(C#N)=C(c1ccc(OC)cc1)c1ccc(OC)cc1. The number of rotatable bonds is 8. The van der Waals surface area contributed by atoms with E-state index in [0.29, 0.717) is 18.4 Å². The van der Waals surface area contributed by atoms with E-state index in [0.717, 1.165) is 28.2 Å². The fourth-order valence-electron chi connectivity index (χ4n) is 2.78. The van der Waals surface area contributed by atoms with Crippen molar-refractivity contribution >= 4 is 11.5 Å². The lowest BCUT2D eigenvalue weighted by Gasteiger charge is -2.13. The first-order valence-electron chi connectivity index (χ1n) is 8.61. The molecule has 0 radical (unpaired) electrons. The molecular formula is C22H23NO4. The number of nitrogens with zero attached hydrogens (tertiary/aromatic N) is 1. The zero-order valence-corrected chi connectivity index (χ0v) is 15.8. The molecule has 0 aliphatic rings. The van der Waals surface area contributed by atoms with Crippen molar-refractivity contribution in [1.82, 2.24) is 0 Å². The number of methoxy groups -OCH3 is 3. The number of benzene rings is 2. The Morgan fingerprint density at radius 1 is 0.852 bits per heavy atom. The van der Waals surface area contributed by atoms with E-state index < -0.39 is 0 Å². The lowest BCUT2D eigenvalue weighted by Crippen LogP contribution is -2.01. The van der Waals surface area contributed by atoms with Gasteiger partial charge in [0.2, 0.25) is 0 Å². The van der Waals surface area contributed by atoms with Crippen LogP contribution < -0.4 is 9.47 Å². The summed E-state index contributed by atoms with van der Waals surface area (Å²) in [5.41, 5.74) is 3.29. The van der Waals surface area contributed by atoms with Crippen molar-refractivity contribution in [3.05, 3.63) is 65.2 Å². The standard InChI is InChI=1S/C22H23NO4/c1-25-19-11-7-16(8-12-19)22(17-9-13-20(26-2)14-10-17)18(15-23)5-4-6-21(24)27-3/h7-14H,4-6H2,1-3H3. The van der Waals surface area contributed by atoms with Crippen LogP contribution in [0.2, 0.25) is 0 Å². The maximum Gasteiger partial charge on any atom is 0.305 e. The summed E-state index contributed by atoms with van der Waals surface area (Å²) in [7, 11) is 4.59. The average molecular weight is 365 g/mol. The zero-order valence-electron chi connectivity index (χ0n) is 15.8. The number of nitriles is 1. The van der Waals surface area contributed by atoms with E-state index >= 15 is 0 Å². The molecule has 5 heteroatoms. The largest absolute Gasteiger partial charge is 0.497 e. The summed E-state index contributed by atoms with van der Waals surface area (Å²) in [6.45, 7) is 0. The van der Waals surface area contributed by atoms with Crippen molar-refractivity contribution in [3.63, 3.8) is 0 Å². The Labute approximate surface area is 159 Å². The Morgan fingerprint density at radius 3 is 1.70 bits per heavy atom. The first-order chi connectivity index (χ1) is 13.1. The number of hydrogen-bond acceptors (Lipinski definition) is 5. The molecule has 0 amide bonds. The van der Waals surface area contributed by atoms with E-state index in [-0.39, 0.29) is 12.4 Å². The molecule has 0 bridgehead atoms. The average Bonchev–Trinajstić information content (AvgIpc) is 2.73. The second-order valence-corrected chi connectivity index (χ2v) is 5.85. The molecule has 0 aromatic heterocycles. The van der Waals surface area contributed by atoms with E-state index in [4.69, 9.17) is 9.47 Å². The molecule has 27 heavy (non-hydrogen) atoms. The molecule has 0 spiro atoms. The Kier molecular flexibility index (Phi) is 7.45. The summed E-state index contributed by atoms with van der Waals surface area (Å²) in [4.78, 5) is 11.4. The molecule has 0 N–H and O–H groups in total. The van der Waals surface area contributed by atoms with Gasteiger partial charge in [0.1, 0.15) is 11.5 Å². The van der Waals surface area contributed by atoms with Gasteiger partial charge in [-0.1, -0.05) is 24.3 Å². The minimum absolute atomic E-state index is 0.275. The quantitative estimate of drug-likeness (QED) is 0.513. The first-order valence-corrected chi connectivity index (χ1v) is 8.61. The summed E-state index contributed by atoms with van der Waals surface area (Å²) in [5.74, 6) is 1.22. The molecule has 0 aliphatic heterocycles. The van der Waals surface area contributed by atoms with Crippen LogP contribution in [0.5, 0.6) is 11.5 Å². The Balaban J connectivity index is 2.44. The van der Waals surface area contributed by atoms with E-state index in [9.17, 15) is 10.1 Å². The van der Waals surface area contributed by atoms with Gasteiger partial charge in [0.15, 0.2) is 0 Å². The van der Waals surface area contributed by atoms with Crippen LogP contribution in [0.3, 0.4) is 0 Å². The molecule has 2 aromatic carbocycles. The smallest absolute Gasteiger partial charge is 0.305 e. The van der Waals surface area contributed by atoms with Gasteiger partial charge in [-0.15, -0.1) is 0 Å². The van der Waals surface area contributed by atoms with Gasteiger partial charge in [0, 0.05) is 17.6 Å². The van der Waals surface area contributed by atoms with Gasteiger partial charge in [-0.05, 0) is 48.2 Å². The third-order valence-corrected chi connectivity index (χ3v) is 4.23. The van der Waals surface area contributed by atoms with Crippen LogP contribution in [0.1, 0.15) is 30.4 Å². The molecule has 2 aromatic rings. The zero-order chi connectivity index (χ0) is 19.6. The van der Waals surface area contributed by atoms with Crippen LogP contribution >= 0.6 is 0 Å². The summed E-state index contributed by atoms with van der Waals surface area (Å²) < 4.78 is 15.1. The first kappa shape index (κ1) is 20.1. The van der Waals surface area contributed by atoms with Crippen molar-refractivity contribution in [1.29, 1.82) is 5.26 Å². The summed E-state index contributed by atoms with van der Waals surface area (Å²) >= 11 is 0. The summed E-state index contributed by atoms with van der Waals surface area (Å²) in [6, 6.07) is 17.5. The molecule has 2 rings (SSSR count). The van der Waals surface area contributed by atoms with Crippen LogP contribution in [0, 0.1) is 11.3 Å². The van der Waals surface area contributed by atoms with Gasteiger partial charge >= 0.3 is 5.97 Å². The fourth-order valence-corrected chi connectivity index (χ4v) is 2.78. The van der Waals surface area contributed by atoms with Gasteiger partial charge in [-0.2, -0.15) is 5.26 Å². The van der Waals surface area contributed by atoms with E-state index in [1.54, 1.807) is 14.2 Å². The molecule has 5 nitrogen and oxygen atoms in total. The lowest BCUT2D eigenvalue weighted by molar-refractivity contribution is -0.140. The van der Waals surface area contributed by atoms with Crippen molar-refractivity contribution in [2.75, 3.05) is 21.3 Å². The highest BCUT2D eigenvalue weighted by molar-refractivity contribution is 5.84. The number of ether oxygens (including phenoxy) is 3.